The first-order valence-electron chi connectivity index (χ1n) is 6.26. The molecular weight excluding hydrogens is 342 g/mol. The summed E-state index contributed by atoms with van der Waals surface area (Å²) in [5, 5.41) is 0. The van der Waals surface area contributed by atoms with E-state index in [1.165, 1.54) is 44.9 Å². The third kappa shape index (κ3) is 11.8. The summed E-state index contributed by atoms with van der Waals surface area (Å²) in [6.45, 7) is 10.5. The Hall–Kier alpha value is 0.683. The van der Waals surface area contributed by atoms with E-state index >= 15 is 0 Å². The van der Waals surface area contributed by atoms with Gasteiger partial charge >= 0.3 is 26.2 Å². The fourth-order valence-corrected chi connectivity index (χ4v) is 1.87. The molecule has 18 heavy (non-hydrogen) atoms. The Bertz CT molecular complexity index is 223. The van der Waals surface area contributed by atoms with Crippen molar-refractivity contribution >= 4 is 0 Å². The quantitative estimate of drug-likeness (QED) is 0.551. The predicted molar refractivity (Wildman–Crippen MR) is 71.1 cm³/mol. The first kappa shape index (κ1) is 27.1. The van der Waals surface area contributed by atoms with Gasteiger partial charge in [0.15, 0.2) is 0 Å². The third-order valence-corrected chi connectivity index (χ3v) is 2.77. The second kappa shape index (κ2) is 20.0. The van der Waals surface area contributed by atoms with Crippen molar-refractivity contribution in [2.75, 3.05) is 0 Å². The van der Waals surface area contributed by atoms with Crippen LogP contribution < -0.4 is 24.8 Å². The van der Waals surface area contributed by atoms with Crippen LogP contribution in [0.15, 0.2) is 36.5 Å². The normalized spacial score (nSPS) is 11.7. The third-order valence-electron chi connectivity index (χ3n) is 2.77. The molecule has 1 rings (SSSR count). The largest absolute Gasteiger partial charge is 2.00 e. The fraction of sp³-hybridized carbons (Fsp3) is 0.600. The molecule has 0 saturated heterocycles. The smallest absolute Gasteiger partial charge is 1.00 e. The van der Waals surface area contributed by atoms with Crippen molar-refractivity contribution in [2.24, 2.45) is 0 Å². The van der Waals surface area contributed by atoms with Crippen molar-refractivity contribution in [1.82, 2.24) is 0 Å². The maximum absolute atomic E-state index is 3.00. The van der Waals surface area contributed by atoms with E-state index in [-0.39, 0.29) is 51.0 Å². The van der Waals surface area contributed by atoms with Gasteiger partial charge in [-0.3, -0.25) is 0 Å². The second-order valence-electron chi connectivity index (χ2n) is 3.94. The fourth-order valence-electron chi connectivity index (χ4n) is 1.87. The van der Waals surface area contributed by atoms with Crippen molar-refractivity contribution in [2.45, 2.75) is 58.8 Å². The summed E-state index contributed by atoms with van der Waals surface area (Å²) in [5.74, 6) is 0. The molecule has 0 fully saturated rings. The van der Waals surface area contributed by atoms with Crippen LogP contribution in [0.3, 0.4) is 0 Å². The first-order valence-corrected chi connectivity index (χ1v) is 6.26. The zero-order chi connectivity index (χ0) is 11.5. The zero-order valence-electron chi connectivity index (χ0n) is 11.8. The maximum atomic E-state index is 3.00. The summed E-state index contributed by atoms with van der Waals surface area (Å²) in [7, 11) is 0. The summed E-state index contributed by atoms with van der Waals surface area (Å²) in [5.41, 5.74) is 3.37. The van der Waals surface area contributed by atoms with E-state index in [9.17, 15) is 0 Å². The van der Waals surface area contributed by atoms with Gasteiger partial charge in [0.25, 0.3) is 0 Å². The minimum absolute atomic E-state index is 0. The summed E-state index contributed by atoms with van der Waals surface area (Å²) in [6.07, 6.45) is 13.9. The van der Waals surface area contributed by atoms with Crippen LogP contribution in [-0.2, 0) is 26.2 Å². The summed E-state index contributed by atoms with van der Waals surface area (Å²) < 4.78 is 0. The van der Waals surface area contributed by atoms with Gasteiger partial charge in [0.2, 0.25) is 0 Å². The van der Waals surface area contributed by atoms with Crippen LogP contribution >= 0.6 is 0 Å². The molecule has 0 unspecified atom stereocenters. The standard InChI is InChI=1S/C13H22.C2H4.2ClH.Zr/c1-3-5-8-12-10-7-11-13(12)9-6-4-2;1-2;;;/h7,10H,3-6,8-9,11H2,1-2H3;1-2H2;2*1H;/q;;;;+2/p-2. The van der Waals surface area contributed by atoms with Crippen molar-refractivity contribution in [3.8, 4) is 0 Å². The van der Waals surface area contributed by atoms with Crippen molar-refractivity contribution in [3.63, 3.8) is 0 Å². The average molecular weight is 369 g/mol. The van der Waals surface area contributed by atoms with Crippen LogP contribution in [0.4, 0.5) is 0 Å². The van der Waals surface area contributed by atoms with Crippen LogP contribution in [0, 0.1) is 0 Å². The van der Waals surface area contributed by atoms with Crippen LogP contribution in [0.2, 0.25) is 0 Å². The molecule has 0 radical (unpaired) electrons. The molecule has 0 bridgehead atoms. The van der Waals surface area contributed by atoms with E-state index in [1.54, 1.807) is 11.1 Å². The molecular formula is C15H26Cl2Zr. The molecule has 0 saturated carbocycles. The number of rotatable bonds is 6. The maximum Gasteiger partial charge on any atom is 2.00 e. The molecule has 1 aliphatic rings. The topological polar surface area (TPSA) is 0 Å². The number of allylic oxidation sites excluding steroid dienone is 4. The van der Waals surface area contributed by atoms with Crippen LogP contribution in [-0.4, -0.2) is 0 Å². The van der Waals surface area contributed by atoms with Gasteiger partial charge in [-0.05, 0) is 37.7 Å². The van der Waals surface area contributed by atoms with E-state index in [4.69, 9.17) is 0 Å². The minimum atomic E-state index is 0. The van der Waals surface area contributed by atoms with Gasteiger partial charge in [-0.1, -0.05) is 44.4 Å². The minimum Gasteiger partial charge on any atom is -1.00 e. The van der Waals surface area contributed by atoms with E-state index < -0.39 is 0 Å². The molecule has 0 aliphatic heterocycles. The van der Waals surface area contributed by atoms with Gasteiger partial charge in [-0.25, -0.2) is 0 Å². The number of hydrogen-bond donors (Lipinski definition) is 0. The molecule has 0 amide bonds. The van der Waals surface area contributed by atoms with Crippen LogP contribution in [0.1, 0.15) is 58.8 Å². The van der Waals surface area contributed by atoms with E-state index in [2.05, 4.69) is 39.2 Å². The summed E-state index contributed by atoms with van der Waals surface area (Å²) >= 11 is 0. The van der Waals surface area contributed by atoms with Crippen molar-refractivity contribution < 1.29 is 51.0 Å². The monoisotopic (exact) mass is 366 g/mol. The van der Waals surface area contributed by atoms with Gasteiger partial charge in [-0.2, -0.15) is 0 Å². The van der Waals surface area contributed by atoms with Gasteiger partial charge in [-0.15, -0.1) is 13.2 Å². The van der Waals surface area contributed by atoms with E-state index in [0.717, 1.165) is 0 Å². The van der Waals surface area contributed by atoms with Gasteiger partial charge < -0.3 is 24.8 Å². The van der Waals surface area contributed by atoms with E-state index in [0.29, 0.717) is 0 Å². The van der Waals surface area contributed by atoms with E-state index in [1.807, 2.05) is 0 Å². The molecule has 0 nitrogen and oxygen atoms in total. The Morgan fingerprint density at radius 1 is 1.00 bits per heavy atom. The van der Waals surface area contributed by atoms with Crippen LogP contribution in [0.25, 0.3) is 0 Å². The molecule has 0 aromatic carbocycles. The Morgan fingerprint density at radius 2 is 1.50 bits per heavy atom. The molecule has 0 N–H and O–H groups in total. The second-order valence-corrected chi connectivity index (χ2v) is 3.94. The molecule has 3 heteroatoms. The number of unbranched alkanes of at least 4 members (excludes halogenated alkanes) is 2. The predicted octanol–water partition coefficient (Wildman–Crippen LogP) is -0.569. The van der Waals surface area contributed by atoms with Gasteiger partial charge in [0, 0.05) is 0 Å². The number of hydrogen-bond acceptors (Lipinski definition) is 0. The summed E-state index contributed by atoms with van der Waals surface area (Å²) in [4.78, 5) is 0. The molecule has 1 aliphatic carbocycles. The molecule has 0 aromatic rings. The Labute approximate surface area is 145 Å². The molecule has 104 valence electrons. The first-order chi connectivity index (χ1) is 7.38. The average Bonchev–Trinajstić information content (AvgIpc) is 2.73. The molecule has 0 atom stereocenters. The Kier molecular flexibility index (Phi) is 30.1. The Morgan fingerprint density at radius 3 is 2.00 bits per heavy atom. The zero-order valence-corrected chi connectivity index (χ0v) is 15.7. The van der Waals surface area contributed by atoms with Crippen molar-refractivity contribution in [3.05, 3.63) is 36.5 Å². The van der Waals surface area contributed by atoms with Gasteiger partial charge in [0.1, 0.15) is 0 Å². The Balaban J connectivity index is -0.000000186. The summed E-state index contributed by atoms with van der Waals surface area (Å²) in [6, 6.07) is 0. The van der Waals surface area contributed by atoms with Gasteiger partial charge in [0.05, 0.1) is 0 Å². The molecule has 0 spiro atoms. The molecule has 0 heterocycles. The van der Waals surface area contributed by atoms with Crippen molar-refractivity contribution in [1.29, 1.82) is 0 Å². The SMILES string of the molecule is C=C.CCCCC1=C(CCCC)CC=C1.[Cl-].[Cl-].[Zr+2]. The number of halogens is 2. The van der Waals surface area contributed by atoms with Crippen LogP contribution in [0.5, 0.6) is 0 Å². The molecule has 0 aromatic heterocycles.